The number of ketones is 1. The van der Waals surface area contributed by atoms with Crippen LogP contribution >= 0.6 is 0 Å². The van der Waals surface area contributed by atoms with Crippen molar-refractivity contribution < 1.29 is 39.6 Å². The quantitative estimate of drug-likeness (QED) is 0.527. The lowest BCUT2D eigenvalue weighted by Crippen LogP contribution is -2.18. The fraction of sp³-hybridized carbons (Fsp3) is 0.353. The number of rotatable bonds is 6. The maximum absolute atomic E-state index is 13.0. The summed E-state index contributed by atoms with van der Waals surface area (Å²) in [7, 11) is -2.92. The summed E-state index contributed by atoms with van der Waals surface area (Å²) in [6.45, 7) is 1.17. The van der Waals surface area contributed by atoms with Gasteiger partial charge in [0.25, 0.3) is 0 Å². The standard InChI is InChI=1S/C17H15F6N3O3S/c1-3-30(28,29)13-6-10(16(18,19)20)7-26-15(13)12(27)4-9-5-14(17(21,22)23)25-8-11(9)24-2/h5-8,24H,3-4H2,1-2H3. The third kappa shape index (κ3) is 5.07. The van der Waals surface area contributed by atoms with E-state index in [4.69, 9.17) is 0 Å². The van der Waals surface area contributed by atoms with Crippen LogP contribution in [0.15, 0.2) is 29.4 Å². The minimum absolute atomic E-state index is 0.0585. The Kier molecular flexibility index (Phi) is 6.45. The highest BCUT2D eigenvalue weighted by Gasteiger charge is 2.35. The maximum atomic E-state index is 13.0. The van der Waals surface area contributed by atoms with Crippen molar-refractivity contribution in [3.05, 3.63) is 47.0 Å². The Balaban J connectivity index is 2.57. The molecule has 0 unspecified atom stereocenters. The number of nitrogens with one attached hydrogen (secondary N) is 1. The van der Waals surface area contributed by atoms with E-state index < -0.39 is 62.0 Å². The molecule has 1 N–H and O–H groups in total. The molecule has 30 heavy (non-hydrogen) atoms. The van der Waals surface area contributed by atoms with Gasteiger partial charge in [-0.1, -0.05) is 6.92 Å². The summed E-state index contributed by atoms with van der Waals surface area (Å²) in [5.41, 5.74) is -3.55. The van der Waals surface area contributed by atoms with Crippen molar-refractivity contribution in [1.29, 1.82) is 0 Å². The molecule has 2 rings (SSSR count). The fourth-order valence-electron chi connectivity index (χ4n) is 2.48. The summed E-state index contributed by atoms with van der Waals surface area (Å²) in [6.07, 6.45) is -9.30. The number of alkyl halides is 6. The smallest absolute Gasteiger partial charge is 0.387 e. The molecule has 13 heteroatoms. The van der Waals surface area contributed by atoms with E-state index in [1.165, 1.54) is 14.0 Å². The second kappa shape index (κ2) is 8.20. The van der Waals surface area contributed by atoms with E-state index in [1.54, 1.807) is 0 Å². The van der Waals surface area contributed by atoms with Gasteiger partial charge in [0.1, 0.15) is 11.4 Å². The molecule has 0 bridgehead atoms. The van der Waals surface area contributed by atoms with Crippen LogP contribution in [0.5, 0.6) is 0 Å². The largest absolute Gasteiger partial charge is 0.433 e. The fourth-order valence-corrected chi connectivity index (χ4v) is 3.56. The van der Waals surface area contributed by atoms with Gasteiger partial charge in [-0.2, -0.15) is 26.3 Å². The van der Waals surface area contributed by atoms with Crippen molar-refractivity contribution in [2.24, 2.45) is 0 Å². The molecule has 164 valence electrons. The van der Waals surface area contributed by atoms with Crippen LogP contribution in [-0.2, 0) is 28.6 Å². The summed E-state index contributed by atoms with van der Waals surface area (Å²) < 4.78 is 102. The number of hydrogen-bond donors (Lipinski definition) is 1. The number of hydrogen-bond acceptors (Lipinski definition) is 6. The third-order valence-electron chi connectivity index (χ3n) is 4.06. The number of carbonyl (C=O) groups excluding carboxylic acids is 1. The van der Waals surface area contributed by atoms with E-state index in [1.807, 2.05) is 0 Å². The average Bonchev–Trinajstić information content (AvgIpc) is 2.66. The van der Waals surface area contributed by atoms with Crippen LogP contribution in [0.3, 0.4) is 0 Å². The number of nitrogens with zero attached hydrogens (tertiary/aromatic N) is 2. The van der Waals surface area contributed by atoms with Crippen molar-refractivity contribution in [1.82, 2.24) is 9.97 Å². The molecule has 0 saturated heterocycles. The van der Waals surface area contributed by atoms with E-state index in [0.29, 0.717) is 18.3 Å². The minimum Gasteiger partial charge on any atom is -0.387 e. The number of halogens is 6. The van der Waals surface area contributed by atoms with Crippen LogP contribution < -0.4 is 5.32 Å². The molecule has 0 radical (unpaired) electrons. The Morgan fingerprint density at radius 2 is 1.67 bits per heavy atom. The van der Waals surface area contributed by atoms with Crippen LogP contribution in [0.4, 0.5) is 32.0 Å². The molecular formula is C17H15F6N3O3S. The molecule has 0 amide bonds. The van der Waals surface area contributed by atoms with Crippen molar-refractivity contribution in [3.8, 4) is 0 Å². The SMILES string of the molecule is CCS(=O)(=O)c1cc(C(F)(F)F)cnc1C(=O)Cc1cc(C(F)(F)F)ncc1NC. The van der Waals surface area contributed by atoms with Gasteiger partial charge in [-0.25, -0.2) is 13.4 Å². The summed E-state index contributed by atoms with van der Waals surface area (Å²) in [6, 6.07) is 0.896. The summed E-state index contributed by atoms with van der Waals surface area (Å²) >= 11 is 0. The highest BCUT2D eigenvalue weighted by atomic mass is 32.2. The van der Waals surface area contributed by atoms with Crippen LogP contribution in [0, 0.1) is 0 Å². The maximum Gasteiger partial charge on any atom is 0.433 e. The Morgan fingerprint density at radius 1 is 1.03 bits per heavy atom. The molecule has 0 aliphatic heterocycles. The van der Waals surface area contributed by atoms with E-state index in [-0.39, 0.29) is 11.3 Å². The zero-order chi connectivity index (χ0) is 22.9. The molecule has 2 aromatic rings. The Bertz CT molecular complexity index is 1070. The van der Waals surface area contributed by atoms with Gasteiger partial charge in [-0.15, -0.1) is 0 Å². The predicted molar refractivity (Wildman–Crippen MR) is 93.8 cm³/mol. The molecule has 2 heterocycles. The van der Waals surface area contributed by atoms with Crippen molar-refractivity contribution in [3.63, 3.8) is 0 Å². The number of sulfone groups is 1. The van der Waals surface area contributed by atoms with E-state index in [2.05, 4.69) is 15.3 Å². The Labute approximate surface area is 167 Å². The third-order valence-corrected chi connectivity index (χ3v) is 5.80. The molecule has 0 aliphatic rings. The van der Waals surface area contributed by atoms with Crippen molar-refractivity contribution in [2.75, 3.05) is 18.1 Å². The van der Waals surface area contributed by atoms with Gasteiger partial charge >= 0.3 is 12.4 Å². The van der Waals surface area contributed by atoms with Crippen molar-refractivity contribution >= 4 is 21.3 Å². The zero-order valence-corrected chi connectivity index (χ0v) is 16.3. The van der Waals surface area contributed by atoms with Crippen LogP contribution in [0.25, 0.3) is 0 Å². The normalized spacial score (nSPS) is 12.7. The summed E-state index contributed by atoms with van der Waals surface area (Å²) in [5.74, 6) is -1.67. The molecule has 0 aromatic carbocycles. The van der Waals surface area contributed by atoms with E-state index >= 15 is 0 Å². The number of anilines is 1. The number of aromatic nitrogens is 2. The molecule has 0 saturated carbocycles. The highest BCUT2D eigenvalue weighted by Crippen LogP contribution is 2.33. The molecule has 0 fully saturated rings. The van der Waals surface area contributed by atoms with Crippen LogP contribution in [0.1, 0.15) is 34.2 Å². The lowest BCUT2D eigenvalue weighted by Gasteiger charge is -2.14. The number of carbonyl (C=O) groups is 1. The Hall–Kier alpha value is -2.70. The van der Waals surface area contributed by atoms with Gasteiger partial charge in [0.05, 0.1) is 28.1 Å². The second-order valence-corrected chi connectivity index (χ2v) is 8.29. The predicted octanol–water partition coefficient (Wildman–Crippen LogP) is 3.77. The first-order valence-corrected chi connectivity index (χ1v) is 9.93. The molecular weight excluding hydrogens is 440 g/mol. The van der Waals surface area contributed by atoms with Crippen LogP contribution in [0.2, 0.25) is 0 Å². The topological polar surface area (TPSA) is 89.0 Å². The molecule has 0 aliphatic carbocycles. The van der Waals surface area contributed by atoms with Gasteiger partial charge in [-0.05, 0) is 17.7 Å². The van der Waals surface area contributed by atoms with Gasteiger partial charge in [0, 0.05) is 19.7 Å². The molecule has 6 nitrogen and oxygen atoms in total. The molecule has 0 atom stereocenters. The first-order chi connectivity index (χ1) is 13.7. The summed E-state index contributed by atoms with van der Waals surface area (Å²) in [5, 5.41) is 2.55. The van der Waals surface area contributed by atoms with Gasteiger partial charge in [-0.3, -0.25) is 9.78 Å². The van der Waals surface area contributed by atoms with Gasteiger partial charge in [0.15, 0.2) is 15.6 Å². The van der Waals surface area contributed by atoms with Crippen LogP contribution in [-0.4, -0.2) is 37.0 Å². The first-order valence-electron chi connectivity index (χ1n) is 8.27. The minimum atomic E-state index is -4.90. The van der Waals surface area contributed by atoms with E-state index in [9.17, 15) is 39.6 Å². The first kappa shape index (κ1) is 23.6. The van der Waals surface area contributed by atoms with Gasteiger partial charge < -0.3 is 5.32 Å². The summed E-state index contributed by atoms with van der Waals surface area (Å²) in [4.78, 5) is 18.3. The zero-order valence-electron chi connectivity index (χ0n) is 15.5. The van der Waals surface area contributed by atoms with Gasteiger partial charge in [0.2, 0.25) is 0 Å². The van der Waals surface area contributed by atoms with Crippen molar-refractivity contribution in [2.45, 2.75) is 30.6 Å². The highest BCUT2D eigenvalue weighted by molar-refractivity contribution is 7.91. The number of Topliss-reactive ketones (excluding diaryl/α,β-unsaturated/α-hetero) is 1. The number of pyridine rings is 2. The molecule has 2 aromatic heterocycles. The van der Waals surface area contributed by atoms with E-state index in [0.717, 1.165) is 6.20 Å². The Morgan fingerprint density at radius 3 is 2.17 bits per heavy atom. The second-order valence-electron chi connectivity index (χ2n) is 6.05. The lowest BCUT2D eigenvalue weighted by molar-refractivity contribution is -0.141. The monoisotopic (exact) mass is 455 g/mol. The average molecular weight is 455 g/mol. The lowest BCUT2D eigenvalue weighted by atomic mass is 10.0. The molecule has 0 spiro atoms.